The van der Waals surface area contributed by atoms with Gasteiger partial charge in [0.1, 0.15) is 5.82 Å². The van der Waals surface area contributed by atoms with Crippen molar-refractivity contribution in [1.29, 1.82) is 0 Å². The molecule has 1 amide bonds. The third-order valence-corrected chi connectivity index (χ3v) is 3.90. The van der Waals surface area contributed by atoms with Gasteiger partial charge in [-0.3, -0.25) is 10.1 Å². The van der Waals surface area contributed by atoms with Crippen LogP contribution in [0.25, 0.3) is 0 Å². The van der Waals surface area contributed by atoms with E-state index in [4.69, 9.17) is 0 Å². The average molecular weight is 288 g/mol. The lowest BCUT2D eigenvalue weighted by atomic mass is 10.2. The number of nitrogens with one attached hydrogen (secondary N) is 2. The molecule has 0 atom stereocenters. The van der Waals surface area contributed by atoms with Gasteiger partial charge in [0, 0.05) is 24.0 Å². The Morgan fingerprint density at radius 3 is 2.95 bits per heavy atom. The Kier molecular flexibility index (Phi) is 3.64. The van der Waals surface area contributed by atoms with Crippen LogP contribution in [-0.4, -0.2) is 22.4 Å². The summed E-state index contributed by atoms with van der Waals surface area (Å²) in [6.45, 7) is 2.81. The first-order chi connectivity index (χ1) is 9.76. The van der Waals surface area contributed by atoms with Crippen molar-refractivity contribution in [2.45, 2.75) is 25.7 Å². The zero-order valence-corrected chi connectivity index (χ0v) is 12.0. The number of anilines is 2. The van der Waals surface area contributed by atoms with E-state index < -0.39 is 0 Å². The highest BCUT2D eigenvalue weighted by atomic mass is 32.1. The average Bonchev–Trinajstić information content (AvgIpc) is 3.21. The van der Waals surface area contributed by atoms with Crippen LogP contribution in [0.15, 0.2) is 23.7 Å². The van der Waals surface area contributed by atoms with Gasteiger partial charge in [0.15, 0.2) is 5.13 Å². The maximum absolute atomic E-state index is 12.1. The minimum absolute atomic E-state index is 0.169. The summed E-state index contributed by atoms with van der Waals surface area (Å²) in [6.07, 6.45) is 4.00. The van der Waals surface area contributed by atoms with Crippen molar-refractivity contribution in [2.24, 2.45) is 0 Å². The van der Waals surface area contributed by atoms with Crippen molar-refractivity contribution in [3.8, 4) is 0 Å². The Bertz CT molecular complexity index is 604. The Balaban J connectivity index is 1.65. The molecule has 3 rings (SSSR count). The molecule has 2 N–H and O–H groups in total. The van der Waals surface area contributed by atoms with Crippen molar-refractivity contribution in [2.75, 3.05) is 17.2 Å². The molecule has 0 saturated heterocycles. The Labute approximate surface area is 121 Å². The summed E-state index contributed by atoms with van der Waals surface area (Å²) < 4.78 is 0. The van der Waals surface area contributed by atoms with Crippen LogP contribution in [0, 0.1) is 0 Å². The van der Waals surface area contributed by atoms with E-state index in [9.17, 15) is 4.79 Å². The Morgan fingerprint density at radius 1 is 1.45 bits per heavy atom. The summed E-state index contributed by atoms with van der Waals surface area (Å²) in [5.41, 5.74) is 1.64. The van der Waals surface area contributed by atoms with E-state index in [0.29, 0.717) is 16.6 Å². The van der Waals surface area contributed by atoms with Crippen LogP contribution in [0.1, 0.15) is 41.7 Å². The lowest BCUT2D eigenvalue weighted by molar-refractivity contribution is 0.102. The van der Waals surface area contributed by atoms with Crippen molar-refractivity contribution >= 4 is 28.2 Å². The topological polar surface area (TPSA) is 66.9 Å². The first kappa shape index (κ1) is 13.1. The van der Waals surface area contributed by atoms with Crippen LogP contribution < -0.4 is 10.6 Å². The van der Waals surface area contributed by atoms with Crippen LogP contribution >= 0.6 is 11.3 Å². The maximum Gasteiger partial charge on any atom is 0.259 e. The molecule has 0 spiro atoms. The fourth-order valence-corrected chi connectivity index (χ4v) is 2.68. The van der Waals surface area contributed by atoms with Gasteiger partial charge in [0.25, 0.3) is 5.91 Å². The summed E-state index contributed by atoms with van der Waals surface area (Å²) in [5.74, 6) is 1.21. The minimum atomic E-state index is -0.169. The van der Waals surface area contributed by atoms with Crippen LogP contribution in [-0.2, 0) is 0 Å². The summed E-state index contributed by atoms with van der Waals surface area (Å²) in [4.78, 5) is 20.7. The number of nitrogens with zero attached hydrogens (tertiary/aromatic N) is 2. The third-order valence-electron chi connectivity index (χ3n) is 3.12. The molecule has 0 aliphatic heterocycles. The largest absolute Gasteiger partial charge is 0.370 e. The molecular weight excluding hydrogens is 272 g/mol. The molecule has 1 fully saturated rings. The van der Waals surface area contributed by atoms with Crippen molar-refractivity contribution < 1.29 is 4.79 Å². The SMILES string of the molecule is CCNc1ccc(C(=O)Nc2nc(C3CC3)cs2)cn1. The highest BCUT2D eigenvalue weighted by Crippen LogP contribution is 2.40. The van der Waals surface area contributed by atoms with Gasteiger partial charge < -0.3 is 5.32 Å². The third kappa shape index (κ3) is 2.96. The van der Waals surface area contributed by atoms with E-state index in [2.05, 4.69) is 20.6 Å². The molecule has 0 bridgehead atoms. The summed E-state index contributed by atoms with van der Waals surface area (Å²) in [7, 11) is 0. The number of carbonyl (C=O) groups is 1. The fraction of sp³-hybridized carbons (Fsp3) is 0.357. The molecule has 1 saturated carbocycles. The number of carbonyl (C=O) groups excluding carboxylic acids is 1. The molecule has 1 aliphatic carbocycles. The smallest absolute Gasteiger partial charge is 0.259 e. The highest BCUT2D eigenvalue weighted by molar-refractivity contribution is 7.14. The molecule has 104 valence electrons. The second-order valence-corrected chi connectivity index (χ2v) is 5.63. The number of amides is 1. The quantitative estimate of drug-likeness (QED) is 0.887. The lowest BCUT2D eigenvalue weighted by Crippen LogP contribution is -2.12. The van der Waals surface area contributed by atoms with Gasteiger partial charge in [-0.15, -0.1) is 11.3 Å². The lowest BCUT2D eigenvalue weighted by Gasteiger charge is -2.04. The summed E-state index contributed by atoms with van der Waals surface area (Å²) >= 11 is 1.48. The molecule has 6 heteroatoms. The highest BCUT2D eigenvalue weighted by Gasteiger charge is 2.26. The monoisotopic (exact) mass is 288 g/mol. The van der Waals surface area contributed by atoms with Crippen molar-refractivity contribution in [3.63, 3.8) is 0 Å². The molecule has 2 aromatic rings. The van der Waals surface area contributed by atoms with Crippen LogP contribution in [0.4, 0.5) is 10.9 Å². The minimum Gasteiger partial charge on any atom is -0.370 e. The second-order valence-electron chi connectivity index (χ2n) is 4.77. The van der Waals surface area contributed by atoms with E-state index in [1.54, 1.807) is 18.3 Å². The molecule has 5 nitrogen and oxygen atoms in total. The maximum atomic E-state index is 12.1. The van der Waals surface area contributed by atoms with E-state index in [1.165, 1.54) is 24.2 Å². The van der Waals surface area contributed by atoms with Gasteiger partial charge in [0.2, 0.25) is 0 Å². The number of thiazole rings is 1. The van der Waals surface area contributed by atoms with Gasteiger partial charge in [-0.25, -0.2) is 9.97 Å². The molecule has 0 unspecified atom stereocenters. The van der Waals surface area contributed by atoms with E-state index in [0.717, 1.165) is 18.1 Å². The van der Waals surface area contributed by atoms with Gasteiger partial charge in [-0.1, -0.05) is 0 Å². The van der Waals surface area contributed by atoms with Gasteiger partial charge >= 0.3 is 0 Å². The van der Waals surface area contributed by atoms with Crippen LogP contribution in [0.2, 0.25) is 0 Å². The first-order valence-corrected chi connectivity index (χ1v) is 7.61. The predicted octanol–water partition coefficient (Wildman–Crippen LogP) is 3.10. The molecule has 20 heavy (non-hydrogen) atoms. The second kappa shape index (κ2) is 5.58. The summed E-state index contributed by atoms with van der Waals surface area (Å²) in [5, 5.41) is 8.60. The zero-order chi connectivity index (χ0) is 13.9. The fourth-order valence-electron chi connectivity index (χ4n) is 1.89. The van der Waals surface area contributed by atoms with Gasteiger partial charge in [-0.2, -0.15) is 0 Å². The normalized spacial score (nSPS) is 14.1. The Hall–Kier alpha value is -1.95. The van der Waals surface area contributed by atoms with Crippen molar-refractivity contribution in [3.05, 3.63) is 35.0 Å². The number of pyridine rings is 1. The molecule has 0 radical (unpaired) electrons. The van der Waals surface area contributed by atoms with E-state index in [1.807, 2.05) is 12.3 Å². The van der Waals surface area contributed by atoms with Crippen LogP contribution in [0.5, 0.6) is 0 Å². The Morgan fingerprint density at radius 2 is 2.30 bits per heavy atom. The molecule has 1 aliphatic rings. The van der Waals surface area contributed by atoms with Gasteiger partial charge in [-0.05, 0) is 31.9 Å². The number of rotatable bonds is 5. The molecule has 0 aromatic carbocycles. The van der Waals surface area contributed by atoms with Crippen LogP contribution in [0.3, 0.4) is 0 Å². The molecule has 2 heterocycles. The molecular formula is C14H16N4OS. The number of hydrogen-bond acceptors (Lipinski definition) is 5. The van der Waals surface area contributed by atoms with E-state index in [-0.39, 0.29) is 5.91 Å². The molecule has 2 aromatic heterocycles. The van der Waals surface area contributed by atoms with Crippen molar-refractivity contribution in [1.82, 2.24) is 9.97 Å². The standard InChI is InChI=1S/C14H16N4OS/c1-2-15-12-6-5-10(7-16-12)13(19)18-14-17-11(8-20-14)9-3-4-9/h5-9H,2-4H2,1H3,(H,15,16)(H,17,18,19). The number of hydrogen-bond donors (Lipinski definition) is 2. The predicted molar refractivity (Wildman–Crippen MR) is 80.4 cm³/mol. The first-order valence-electron chi connectivity index (χ1n) is 6.73. The van der Waals surface area contributed by atoms with E-state index >= 15 is 0 Å². The zero-order valence-electron chi connectivity index (χ0n) is 11.2. The summed E-state index contributed by atoms with van der Waals surface area (Å²) in [6, 6.07) is 3.56. The number of aromatic nitrogens is 2. The van der Waals surface area contributed by atoms with Gasteiger partial charge in [0.05, 0.1) is 11.3 Å².